The van der Waals surface area contributed by atoms with E-state index in [2.05, 4.69) is 5.32 Å². The summed E-state index contributed by atoms with van der Waals surface area (Å²) in [4.78, 5) is 16.5. The Balaban J connectivity index is 1.83. The van der Waals surface area contributed by atoms with Gasteiger partial charge in [0, 0.05) is 29.2 Å². The molecule has 2 aliphatic rings. The third kappa shape index (κ3) is 3.04. The van der Waals surface area contributed by atoms with Crippen LogP contribution >= 0.6 is 22.9 Å². The Hall–Kier alpha value is -2.35. The molecule has 8 heteroatoms. The largest absolute Gasteiger partial charge is 0.490 e. The standard InChI is InChI=1S/C21H19ClN2O4S/c1-9-8-12-19(29-20(24-12)10-2-3-10)15(14(9)18(25)21(26)27)11-4-5-13-17(16(11)22)23-6-7-28-13/h4-5,8,10,18,23,25H,2-3,6-7H2,1H3,(H,26,27). The minimum atomic E-state index is -1.66. The average molecular weight is 431 g/mol. The number of carboxylic acids is 1. The van der Waals surface area contributed by atoms with Gasteiger partial charge in [-0.25, -0.2) is 9.78 Å². The summed E-state index contributed by atoms with van der Waals surface area (Å²) >= 11 is 8.33. The second kappa shape index (κ2) is 6.86. The summed E-state index contributed by atoms with van der Waals surface area (Å²) < 4.78 is 6.52. The number of halogens is 1. The van der Waals surface area contributed by atoms with Gasteiger partial charge in [-0.1, -0.05) is 11.6 Å². The molecule has 0 saturated heterocycles. The van der Waals surface area contributed by atoms with Gasteiger partial charge in [0.2, 0.25) is 0 Å². The van der Waals surface area contributed by atoms with Crippen LogP contribution in [0.3, 0.4) is 0 Å². The van der Waals surface area contributed by atoms with Crippen LogP contribution in [0.2, 0.25) is 5.02 Å². The quantitative estimate of drug-likeness (QED) is 0.554. The minimum absolute atomic E-state index is 0.356. The van der Waals surface area contributed by atoms with Crippen LogP contribution in [0, 0.1) is 6.92 Å². The zero-order valence-corrected chi connectivity index (χ0v) is 17.2. The Bertz CT molecular complexity index is 1160. The maximum Gasteiger partial charge on any atom is 0.337 e. The first-order valence-electron chi connectivity index (χ1n) is 9.50. The molecule has 0 spiro atoms. The summed E-state index contributed by atoms with van der Waals surface area (Å²) in [5.41, 5.74) is 3.83. The average Bonchev–Trinajstić information content (AvgIpc) is 3.47. The third-order valence-electron chi connectivity index (χ3n) is 5.41. The first kappa shape index (κ1) is 18.7. The van der Waals surface area contributed by atoms with Gasteiger partial charge in [-0.3, -0.25) is 0 Å². The van der Waals surface area contributed by atoms with Gasteiger partial charge >= 0.3 is 5.97 Å². The van der Waals surface area contributed by atoms with Gasteiger partial charge in [0.05, 0.1) is 25.9 Å². The molecule has 1 aromatic heterocycles. The van der Waals surface area contributed by atoms with Crippen LogP contribution in [0.1, 0.15) is 41.0 Å². The molecule has 3 aromatic rings. The van der Waals surface area contributed by atoms with Crippen molar-refractivity contribution in [2.75, 3.05) is 18.5 Å². The molecule has 3 N–H and O–H groups in total. The van der Waals surface area contributed by atoms with Crippen molar-refractivity contribution in [3.63, 3.8) is 0 Å². The van der Waals surface area contributed by atoms with Crippen molar-refractivity contribution in [3.8, 4) is 16.9 Å². The Labute approximate surface area is 176 Å². The van der Waals surface area contributed by atoms with E-state index in [0.717, 1.165) is 28.1 Å². The van der Waals surface area contributed by atoms with Gasteiger partial charge in [0.25, 0.3) is 0 Å². The first-order chi connectivity index (χ1) is 14.0. The van der Waals surface area contributed by atoms with Gasteiger partial charge in [-0.05, 0) is 43.5 Å². The number of nitrogens with zero attached hydrogens (tertiary/aromatic N) is 1. The third-order valence-corrected chi connectivity index (χ3v) is 7.06. The van der Waals surface area contributed by atoms with Gasteiger partial charge in [-0.15, -0.1) is 11.3 Å². The molecular formula is C21H19ClN2O4S. The zero-order chi connectivity index (χ0) is 20.3. The fourth-order valence-corrected chi connectivity index (χ4v) is 5.45. The SMILES string of the molecule is Cc1cc2nc(C3CC3)sc2c(-c2ccc3c(c2Cl)NCCO3)c1C(O)C(=O)O. The fourth-order valence-electron chi connectivity index (χ4n) is 3.85. The maximum atomic E-state index is 11.7. The van der Waals surface area contributed by atoms with E-state index in [1.807, 2.05) is 18.2 Å². The Morgan fingerprint density at radius 1 is 1.41 bits per heavy atom. The lowest BCUT2D eigenvalue weighted by atomic mass is 9.91. The molecule has 0 bridgehead atoms. The second-order valence-electron chi connectivity index (χ2n) is 7.47. The molecule has 0 radical (unpaired) electrons. The van der Waals surface area contributed by atoms with Crippen LogP contribution in [-0.4, -0.2) is 34.3 Å². The van der Waals surface area contributed by atoms with Crippen molar-refractivity contribution in [2.45, 2.75) is 31.8 Å². The number of hydrogen-bond acceptors (Lipinski definition) is 6. The molecule has 6 nitrogen and oxygen atoms in total. The topological polar surface area (TPSA) is 91.7 Å². The van der Waals surface area contributed by atoms with Crippen molar-refractivity contribution in [1.29, 1.82) is 0 Å². The lowest BCUT2D eigenvalue weighted by Gasteiger charge is -2.23. The summed E-state index contributed by atoms with van der Waals surface area (Å²) in [6.07, 6.45) is 0.594. The summed E-state index contributed by atoms with van der Waals surface area (Å²) in [7, 11) is 0. The number of thiazole rings is 1. The fraction of sp³-hybridized carbons (Fsp3) is 0.333. The molecular weight excluding hydrogens is 412 g/mol. The number of aryl methyl sites for hydroxylation is 1. The highest BCUT2D eigenvalue weighted by atomic mass is 35.5. The van der Waals surface area contributed by atoms with Gasteiger partial charge in [-0.2, -0.15) is 0 Å². The number of carbonyl (C=O) groups is 1. The number of benzene rings is 2. The summed E-state index contributed by atoms with van der Waals surface area (Å²) in [6, 6.07) is 5.52. The van der Waals surface area contributed by atoms with Crippen molar-refractivity contribution < 1.29 is 19.7 Å². The Kier molecular flexibility index (Phi) is 4.42. The highest BCUT2D eigenvalue weighted by Gasteiger charge is 2.31. The molecule has 29 heavy (non-hydrogen) atoms. The van der Waals surface area contributed by atoms with E-state index in [0.29, 0.717) is 57.8 Å². The highest BCUT2D eigenvalue weighted by molar-refractivity contribution is 7.19. The first-order valence-corrected chi connectivity index (χ1v) is 10.7. The van der Waals surface area contributed by atoms with Crippen LogP contribution in [0.25, 0.3) is 21.3 Å². The van der Waals surface area contributed by atoms with E-state index >= 15 is 0 Å². The highest BCUT2D eigenvalue weighted by Crippen LogP contribution is 2.50. The molecule has 0 amide bonds. The van der Waals surface area contributed by atoms with Gasteiger partial charge < -0.3 is 20.3 Å². The molecule has 1 saturated carbocycles. The number of aromatic nitrogens is 1. The van der Waals surface area contributed by atoms with E-state index in [-0.39, 0.29) is 0 Å². The number of aliphatic carboxylic acids is 1. The molecule has 2 heterocycles. The van der Waals surface area contributed by atoms with Gasteiger partial charge in [0.1, 0.15) is 12.4 Å². The van der Waals surface area contributed by atoms with E-state index in [1.165, 1.54) is 0 Å². The molecule has 150 valence electrons. The lowest BCUT2D eigenvalue weighted by Crippen LogP contribution is -2.18. The zero-order valence-electron chi connectivity index (χ0n) is 15.7. The molecule has 1 fully saturated rings. The van der Waals surface area contributed by atoms with Crippen LogP contribution < -0.4 is 10.1 Å². The number of ether oxygens (including phenoxy) is 1. The smallest absolute Gasteiger partial charge is 0.337 e. The van der Waals surface area contributed by atoms with Crippen molar-refractivity contribution in [3.05, 3.63) is 39.4 Å². The van der Waals surface area contributed by atoms with Crippen LogP contribution in [0.5, 0.6) is 5.75 Å². The number of aliphatic hydroxyl groups excluding tert-OH is 1. The number of carboxylic acid groups (broad SMARTS) is 1. The van der Waals surface area contributed by atoms with E-state index in [4.69, 9.17) is 21.3 Å². The second-order valence-corrected chi connectivity index (χ2v) is 8.88. The normalized spacial score (nSPS) is 16.8. The number of aliphatic hydroxyl groups is 1. The van der Waals surface area contributed by atoms with Crippen LogP contribution in [-0.2, 0) is 4.79 Å². The molecule has 2 aromatic carbocycles. The number of rotatable bonds is 4. The van der Waals surface area contributed by atoms with Crippen molar-refractivity contribution >= 4 is 44.8 Å². The minimum Gasteiger partial charge on any atom is -0.490 e. The van der Waals surface area contributed by atoms with E-state index in [9.17, 15) is 15.0 Å². The van der Waals surface area contributed by atoms with Crippen molar-refractivity contribution in [1.82, 2.24) is 4.98 Å². The number of nitrogens with one attached hydrogen (secondary N) is 1. The predicted octanol–water partition coefficient (Wildman–Crippen LogP) is 4.72. The Morgan fingerprint density at radius 2 is 2.21 bits per heavy atom. The Morgan fingerprint density at radius 3 is 2.93 bits per heavy atom. The number of hydrogen-bond donors (Lipinski definition) is 3. The number of fused-ring (bicyclic) bond motifs is 2. The van der Waals surface area contributed by atoms with E-state index < -0.39 is 12.1 Å². The summed E-state index contributed by atoms with van der Waals surface area (Å²) in [5.74, 6) is -0.157. The molecule has 5 rings (SSSR count). The monoisotopic (exact) mass is 430 g/mol. The maximum absolute atomic E-state index is 11.7. The molecule has 1 atom stereocenters. The van der Waals surface area contributed by atoms with Crippen LogP contribution in [0.4, 0.5) is 5.69 Å². The number of anilines is 1. The van der Waals surface area contributed by atoms with Gasteiger partial charge in [0.15, 0.2) is 6.10 Å². The summed E-state index contributed by atoms with van der Waals surface area (Å²) in [5, 5.41) is 24.8. The molecule has 1 aliphatic carbocycles. The lowest BCUT2D eigenvalue weighted by molar-refractivity contribution is -0.146. The summed E-state index contributed by atoms with van der Waals surface area (Å²) in [6.45, 7) is 2.99. The molecule has 1 aliphatic heterocycles. The predicted molar refractivity (Wildman–Crippen MR) is 113 cm³/mol. The van der Waals surface area contributed by atoms with Crippen LogP contribution in [0.15, 0.2) is 18.2 Å². The van der Waals surface area contributed by atoms with Crippen molar-refractivity contribution in [2.24, 2.45) is 0 Å². The van der Waals surface area contributed by atoms with E-state index in [1.54, 1.807) is 18.3 Å². The molecule has 1 unspecified atom stereocenters.